The van der Waals surface area contributed by atoms with E-state index in [2.05, 4.69) is 5.32 Å². The molecule has 0 aliphatic rings. The van der Waals surface area contributed by atoms with E-state index in [9.17, 15) is 4.79 Å². The summed E-state index contributed by atoms with van der Waals surface area (Å²) < 4.78 is 10.2. The zero-order valence-corrected chi connectivity index (χ0v) is 11.4. The molecule has 102 valence electrons. The first-order valence-corrected chi connectivity index (χ1v) is 6.17. The number of anilines is 1. The second kappa shape index (κ2) is 7.27. The first kappa shape index (κ1) is 14.8. The van der Waals surface area contributed by atoms with E-state index in [-0.39, 0.29) is 5.97 Å². The molecule has 5 heteroatoms. The summed E-state index contributed by atoms with van der Waals surface area (Å²) in [5.41, 5.74) is 1.17. The van der Waals surface area contributed by atoms with Gasteiger partial charge in [0, 0.05) is 6.07 Å². The summed E-state index contributed by atoms with van der Waals surface area (Å²) in [6, 6.07) is 6.63. The predicted octanol–water partition coefficient (Wildman–Crippen LogP) is 2.32. The molecule has 1 atom stereocenters. The van der Waals surface area contributed by atoms with Gasteiger partial charge in [-0.3, -0.25) is 0 Å². The van der Waals surface area contributed by atoms with Crippen LogP contribution < -0.4 is 10.1 Å². The first-order valence-electron chi connectivity index (χ1n) is 6.17. The zero-order valence-electron chi connectivity index (χ0n) is 11.4. The molecule has 0 radical (unpaired) electrons. The van der Waals surface area contributed by atoms with E-state index in [0.29, 0.717) is 30.0 Å². The van der Waals surface area contributed by atoms with Gasteiger partial charge in [-0.05, 0) is 25.5 Å². The number of nitrogens with zero attached hydrogens (tertiary/aromatic N) is 1. The molecular weight excluding hydrogens is 244 g/mol. The van der Waals surface area contributed by atoms with E-state index >= 15 is 0 Å². The number of esters is 1. The standard InChI is InChI=1S/C14H18N2O3/c1-4-11(14(17)19-5-2)16-12-7-6-10(9-15)8-13(12)18-3/h6-8,11,16H,4-5H2,1-3H3. The molecule has 1 aromatic rings. The molecular formula is C14H18N2O3. The lowest BCUT2D eigenvalue weighted by Gasteiger charge is -2.18. The number of hydrogen-bond acceptors (Lipinski definition) is 5. The lowest BCUT2D eigenvalue weighted by atomic mass is 10.1. The number of nitriles is 1. The molecule has 0 amide bonds. The number of carbonyl (C=O) groups excluding carboxylic acids is 1. The monoisotopic (exact) mass is 262 g/mol. The highest BCUT2D eigenvalue weighted by Gasteiger charge is 2.18. The number of carbonyl (C=O) groups is 1. The van der Waals surface area contributed by atoms with Gasteiger partial charge in [0.05, 0.1) is 31.0 Å². The van der Waals surface area contributed by atoms with Crippen molar-refractivity contribution in [2.45, 2.75) is 26.3 Å². The number of ether oxygens (including phenoxy) is 2. The summed E-state index contributed by atoms with van der Waals surface area (Å²) in [4.78, 5) is 11.7. The molecule has 1 N–H and O–H groups in total. The van der Waals surface area contributed by atoms with Crippen molar-refractivity contribution >= 4 is 11.7 Å². The molecule has 0 fully saturated rings. The third kappa shape index (κ3) is 3.88. The van der Waals surface area contributed by atoms with Crippen LogP contribution in [-0.4, -0.2) is 25.7 Å². The Kier molecular flexibility index (Phi) is 5.68. The van der Waals surface area contributed by atoms with Crippen LogP contribution in [0.2, 0.25) is 0 Å². The molecule has 19 heavy (non-hydrogen) atoms. The second-order valence-electron chi connectivity index (χ2n) is 3.88. The van der Waals surface area contributed by atoms with Crippen LogP contribution in [0.5, 0.6) is 5.75 Å². The summed E-state index contributed by atoms with van der Waals surface area (Å²) in [6.07, 6.45) is 0.599. The maximum Gasteiger partial charge on any atom is 0.328 e. The van der Waals surface area contributed by atoms with Gasteiger partial charge in [0.1, 0.15) is 11.8 Å². The van der Waals surface area contributed by atoms with Crippen molar-refractivity contribution in [2.75, 3.05) is 19.0 Å². The highest BCUT2D eigenvalue weighted by Crippen LogP contribution is 2.26. The minimum absolute atomic E-state index is 0.295. The smallest absolute Gasteiger partial charge is 0.328 e. The number of benzene rings is 1. The summed E-state index contributed by atoms with van der Waals surface area (Å²) in [5, 5.41) is 11.9. The van der Waals surface area contributed by atoms with Crippen molar-refractivity contribution in [2.24, 2.45) is 0 Å². The fourth-order valence-corrected chi connectivity index (χ4v) is 1.64. The third-order valence-electron chi connectivity index (χ3n) is 2.64. The van der Waals surface area contributed by atoms with E-state index in [1.807, 2.05) is 13.0 Å². The highest BCUT2D eigenvalue weighted by atomic mass is 16.5. The van der Waals surface area contributed by atoms with Crippen molar-refractivity contribution in [1.29, 1.82) is 5.26 Å². The molecule has 1 unspecified atom stereocenters. The van der Waals surface area contributed by atoms with Crippen LogP contribution in [0.3, 0.4) is 0 Å². The number of methoxy groups -OCH3 is 1. The average Bonchev–Trinajstić information content (AvgIpc) is 2.44. The van der Waals surface area contributed by atoms with Gasteiger partial charge in [-0.25, -0.2) is 4.79 Å². The van der Waals surface area contributed by atoms with Gasteiger partial charge in [-0.2, -0.15) is 5.26 Å². The normalized spacial score (nSPS) is 11.3. The SMILES string of the molecule is CCOC(=O)C(CC)Nc1ccc(C#N)cc1OC. The predicted molar refractivity (Wildman–Crippen MR) is 72.0 cm³/mol. The van der Waals surface area contributed by atoms with Gasteiger partial charge in [-0.1, -0.05) is 6.92 Å². The molecule has 0 aromatic heterocycles. The molecule has 0 saturated carbocycles. The Balaban J connectivity index is 2.91. The number of hydrogen-bond donors (Lipinski definition) is 1. The lowest BCUT2D eigenvalue weighted by molar-refractivity contribution is -0.144. The fourth-order valence-electron chi connectivity index (χ4n) is 1.64. The second-order valence-corrected chi connectivity index (χ2v) is 3.88. The Labute approximate surface area is 113 Å². The molecule has 0 bridgehead atoms. The average molecular weight is 262 g/mol. The lowest BCUT2D eigenvalue weighted by Crippen LogP contribution is -2.30. The molecule has 1 aromatic carbocycles. The molecule has 0 spiro atoms. The maximum absolute atomic E-state index is 11.7. The van der Waals surface area contributed by atoms with Crippen molar-refractivity contribution in [3.63, 3.8) is 0 Å². The Hall–Kier alpha value is -2.22. The van der Waals surface area contributed by atoms with Crippen LogP contribution in [0.1, 0.15) is 25.8 Å². The Morgan fingerprint density at radius 1 is 1.47 bits per heavy atom. The van der Waals surface area contributed by atoms with Gasteiger partial charge < -0.3 is 14.8 Å². The Morgan fingerprint density at radius 2 is 2.21 bits per heavy atom. The summed E-state index contributed by atoms with van der Waals surface area (Å²) in [5.74, 6) is 0.234. The van der Waals surface area contributed by atoms with Crippen LogP contribution in [-0.2, 0) is 9.53 Å². The van der Waals surface area contributed by atoms with Crippen LogP contribution in [0.15, 0.2) is 18.2 Å². The number of nitrogens with one attached hydrogen (secondary N) is 1. The van der Waals surface area contributed by atoms with Crippen molar-refractivity contribution in [1.82, 2.24) is 0 Å². The number of rotatable bonds is 6. The van der Waals surface area contributed by atoms with Gasteiger partial charge in [0.25, 0.3) is 0 Å². The first-order chi connectivity index (χ1) is 9.15. The van der Waals surface area contributed by atoms with E-state index in [4.69, 9.17) is 14.7 Å². The topological polar surface area (TPSA) is 71.3 Å². The van der Waals surface area contributed by atoms with Gasteiger partial charge >= 0.3 is 5.97 Å². The van der Waals surface area contributed by atoms with E-state index in [0.717, 1.165) is 0 Å². The highest BCUT2D eigenvalue weighted by molar-refractivity contribution is 5.80. The quantitative estimate of drug-likeness (QED) is 0.796. The minimum Gasteiger partial charge on any atom is -0.495 e. The largest absolute Gasteiger partial charge is 0.495 e. The van der Waals surface area contributed by atoms with Crippen molar-refractivity contribution < 1.29 is 14.3 Å². The molecule has 5 nitrogen and oxygen atoms in total. The van der Waals surface area contributed by atoms with Gasteiger partial charge in [0.2, 0.25) is 0 Å². The van der Waals surface area contributed by atoms with E-state index in [1.165, 1.54) is 7.11 Å². The molecule has 0 heterocycles. The van der Waals surface area contributed by atoms with E-state index < -0.39 is 6.04 Å². The van der Waals surface area contributed by atoms with Gasteiger partial charge in [0.15, 0.2) is 0 Å². The van der Waals surface area contributed by atoms with E-state index in [1.54, 1.807) is 25.1 Å². The molecule has 0 aliphatic carbocycles. The minimum atomic E-state index is -0.429. The van der Waals surface area contributed by atoms with Crippen molar-refractivity contribution in [3.05, 3.63) is 23.8 Å². The molecule has 0 saturated heterocycles. The third-order valence-corrected chi connectivity index (χ3v) is 2.64. The zero-order chi connectivity index (χ0) is 14.3. The Bertz CT molecular complexity index is 480. The fraction of sp³-hybridized carbons (Fsp3) is 0.429. The van der Waals surface area contributed by atoms with Gasteiger partial charge in [-0.15, -0.1) is 0 Å². The summed E-state index contributed by atoms with van der Waals surface area (Å²) in [6.45, 7) is 4.01. The summed E-state index contributed by atoms with van der Waals surface area (Å²) in [7, 11) is 1.52. The van der Waals surface area contributed by atoms with Crippen LogP contribution in [0.25, 0.3) is 0 Å². The van der Waals surface area contributed by atoms with Crippen LogP contribution in [0, 0.1) is 11.3 Å². The molecule has 0 aliphatic heterocycles. The maximum atomic E-state index is 11.7. The summed E-state index contributed by atoms with van der Waals surface area (Å²) >= 11 is 0. The molecule has 1 rings (SSSR count). The van der Waals surface area contributed by atoms with Crippen LogP contribution >= 0.6 is 0 Å². The van der Waals surface area contributed by atoms with Crippen LogP contribution in [0.4, 0.5) is 5.69 Å². The Morgan fingerprint density at radius 3 is 2.74 bits per heavy atom. The van der Waals surface area contributed by atoms with Crippen molar-refractivity contribution in [3.8, 4) is 11.8 Å².